The Morgan fingerprint density at radius 1 is 0.944 bits per heavy atom. The number of benzene rings is 2. The van der Waals surface area contributed by atoms with Gasteiger partial charge in [-0.2, -0.15) is 10.5 Å². The number of nitrogens with zero attached hydrogens (tertiary/aromatic N) is 3. The molecule has 0 N–H and O–H groups in total. The Balaban J connectivity index is 1.44. The molecule has 6 aliphatic rings. The van der Waals surface area contributed by atoms with Crippen molar-refractivity contribution in [3.05, 3.63) is 75.9 Å². The molecule has 36 heavy (non-hydrogen) atoms. The van der Waals surface area contributed by atoms with Crippen LogP contribution in [-0.4, -0.2) is 16.7 Å². The molecule has 2 heterocycles. The fourth-order valence-corrected chi connectivity index (χ4v) is 9.51. The van der Waals surface area contributed by atoms with Crippen LogP contribution in [0.2, 0.25) is 0 Å². The van der Waals surface area contributed by atoms with Gasteiger partial charge in [-0.3, -0.25) is 4.79 Å². The molecule has 4 bridgehead atoms. The van der Waals surface area contributed by atoms with Crippen molar-refractivity contribution < 1.29 is 4.79 Å². The van der Waals surface area contributed by atoms with Crippen LogP contribution >= 0.6 is 15.9 Å². The summed E-state index contributed by atoms with van der Waals surface area (Å²) in [5, 5.41) is 21.5. The number of hydrogen-bond donors (Lipinski definition) is 0. The van der Waals surface area contributed by atoms with Gasteiger partial charge < -0.3 is 4.90 Å². The molecule has 0 spiro atoms. The maximum Gasteiger partial charge on any atom is 0.177 e. The molecule has 0 amide bonds. The average molecular weight is 538 g/mol. The lowest BCUT2D eigenvalue weighted by molar-refractivity contribution is -0.148. The number of carbonyl (C=O) groups is 1. The highest BCUT2D eigenvalue weighted by Gasteiger charge is 2.67. The van der Waals surface area contributed by atoms with E-state index in [-0.39, 0.29) is 11.2 Å². The van der Waals surface area contributed by atoms with Crippen molar-refractivity contribution in [1.82, 2.24) is 4.90 Å². The molecule has 5 fully saturated rings. The number of carbonyl (C=O) groups excluding carboxylic acids is 1. The number of fused-ring (bicyclic) bond motifs is 3. The summed E-state index contributed by atoms with van der Waals surface area (Å²) in [4.78, 5) is 17.0. The largest absolute Gasteiger partial charge is 0.357 e. The molecule has 5 heteroatoms. The summed E-state index contributed by atoms with van der Waals surface area (Å²) >= 11 is 3.60. The smallest absolute Gasteiger partial charge is 0.177 e. The molecule has 2 aromatic rings. The summed E-state index contributed by atoms with van der Waals surface area (Å²) in [6, 6.07) is 19.9. The zero-order valence-corrected chi connectivity index (χ0v) is 21.7. The topological polar surface area (TPSA) is 67.9 Å². The van der Waals surface area contributed by atoms with Crippen LogP contribution in [0.1, 0.15) is 67.2 Å². The van der Waals surface area contributed by atoms with Gasteiger partial charge in [-0.25, -0.2) is 0 Å². The van der Waals surface area contributed by atoms with Crippen molar-refractivity contribution in [3.8, 4) is 12.1 Å². The number of ketones is 1. The van der Waals surface area contributed by atoms with Gasteiger partial charge in [-0.1, -0.05) is 52.3 Å². The van der Waals surface area contributed by atoms with E-state index < -0.39 is 23.4 Å². The van der Waals surface area contributed by atoms with Crippen molar-refractivity contribution in [2.75, 3.05) is 0 Å². The van der Waals surface area contributed by atoms with Crippen LogP contribution < -0.4 is 0 Å². The normalized spacial score (nSPS) is 36.6. The Labute approximate surface area is 220 Å². The van der Waals surface area contributed by atoms with Gasteiger partial charge in [-0.05, 0) is 91.2 Å². The van der Waals surface area contributed by atoms with Crippen molar-refractivity contribution >= 4 is 27.8 Å². The molecule has 4 nitrogen and oxygen atoms in total. The second-order valence-corrected chi connectivity index (χ2v) is 12.8. The minimum Gasteiger partial charge on any atom is -0.357 e. The molecule has 1 saturated heterocycles. The van der Waals surface area contributed by atoms with E-state index in [2.05, 4.69) is 39.0 Å². The first-order valence-electron chi connectivity index (χ1n) is 13.1. The van der Waals surface area contributed by atoms with Crippen LogP contribution in [0.15, 0.2) is 59.2 Å². The molecule has 4 aliphatic carbocycles. The molecule has 0 radical (unpaired) electrons. The monoisotopic (exact) mass is 537 g/mol. The third-order valence-electron chi connectivity index (χ3n) is 9.98. The number of Topliss-reactive ketones (excluding diaryl/α,β-unsaturated/α-hetero) is 1. The molecule has 3 atom stereocenters. The minimum absolute atomic E-state index is 0.271. The third-order valence-corrected chi connectivity index (χ3v) is 10.5. The number of nitriles is 2. The van der Waals surface area contributed by atoms with E-state index in [1.165, 1.54) is 19.3 Å². The highest BCUT2D eigenvalue weighted by atomic mass is 79.9. The van der Waals surface area contributed by atoms with Gasteiger partial charge in [0.1, 0.15) is 0 Å². The third kappa shape index (κ3) is 2.93. The Morgan fingerprint density at radius 2 is 1.61 bits per heavy atom. The maximum absolute atomic E-state index is 14.9. The Kier molecular flexibility index (Phi) is 4.84. The summed E-state index contributed by atoms with van der Waals surface area (Å²) in [7, 11) is 0. The Bertz CT molecular complexity index is 1330. The second kappa shape index (κ2) is 7.80. The van der Waals surface area contributed by atoms with Crippen LogP contribution in [0.25, 0.3) is 6.08 Å². The lowest BCUT2D eigenvalue weighted by Crippen LogP contribution is -2.55. The van der Waals surface area contributed by atoms with E-state index >= 15 is 0 Å². The molecule has 2 aliphatic heterocycles. The van der Waals surface area contributed by atoms with Crippen molar-refractivity contribution in [3.63, 3.8) is 0 Å². The first-order chi connectivity index (χ1) is 17.5. The molecule has 8 rings (SSSR count). The minimum atomic E-state index is -1.38. The molecule has 4 saturated carbocycles. The molecular weight excluding hydrogens is 510 g/mol. The van der Waals surface area contributed by atoms with E-state index in [1.54, 1.807) is 0 Å². The van der Waals surface area contributed by atoms with Crippen molar-refractivity contribution in [2.45, 2.75) is 56.5 Å². The van der Waals surface area contributed by atoms with E-state index in [1.807, 2.05) is 54.7 Å². The average Bonchev–Trinajstić information content (AvgIpc) is 3.18. The predicted octanol–water partition coefficient (Wildman–Crippen LogP) is 6.76. The van der Waals surface area contributed by atoms with Gasteiger partial charge >= 0.3 is 0 Å². The van der Waals surface area contributed by atoms with Crippen LogP contribution in [0.4, 0.5) is 0 Å². The van der Waals surface area contributed by atoms with E-state index in [0.717, 1.165) is 40.4 Å². The Hall–Kier alpha value is -2.89. The highest BCUT2D eigenvalue weighted by molar-refractivity contribution is 9.10. The number of rotatable bonds is 3. The fraction of sp³-hybridized carbons (Fsp3) is 0.452. The van der Waals surface area contributed by atoms with Crippen molar-refractivity contribution in [2.24, 2.45) is 28.6 Å². The van der Waals surface area contributed by atoms with Gasteiger partial charge in [0.05, 0.1) is 24.2 Å². The predicted molar refractivity (Wildman–Crippen MR) is 140 cm³/mol. The maximum atomic E-state index is 14.9. The Morgan fingerprint density at radius 3 is 2.25 bits per heavy atom. The lowest BCUT2D eigenvalue weighted by Gasteiger charge is -2.57. The lowest BCUT2D eigenvalue weighted by atomic mass is 9.47. The molecule has 180 valence electrons. The van der Waals surface area contributed by atoms with Gasteiger partial charge in [0, 0.05) is 22.0 Å². The number of halogens is 1. The quantitative estimate of drug-likeness (QED) is 0.433. The van der Waals surface area contributed by atoms with Crippen LogP contribution in [0, 0.1) is 51.2 Å². The summed E-state index contributed by atoms with van der Waals surface area (Å²) in [6.07, 6.45) is 10.8. The van der Waals surface area contributed by atoms with Crippen LogP contribution in [0.5, 0.6) is 0 Å². The number of hydrogen-bond acceptors (Lipinski definition) is 4. The van der Waals surface area contributed by atoms with E-state index in [0.29, 0.717) is 17.8 Å². The molecular formula is C31H28BrN3O. The fourth-order valence-electron chi connectivity index (χ4n) is 9.09. The van der Waals surface area contributed by atoms with Crippen LogP contribution in [-0.2, 0) is 4.79 Å². The molecule has 3 unspecified atom stereocenters. The standard InChI is InChI=1S/C31H28BrN3O/c32-24-6-3-5-23(13-24)26-27(29(36)30-14-19-10-20(15-30)12-21(11-19)16-30)35-9-8-22-4-1-2-7-25(22)28(35)31(26,17-33)18-34/h1-9,13,19-21,26-28H,10-12,14-16H2. The summed E-state index contributed by atoms with van der Waals surface area (Å²) < 4.78 is 0.895. The highest BCUT2D eigenvalue weighted by Crippen LogP contribution is 2.65. The summed E-state index contributed by atoms with van der Waals surface area (Å²) in [5.41, 5.74) is 1.16. The zero-order valence-electron chi connectivity index (χ0n) is 20.1. The van der Waals surface area contributed by atoms with Crippen LogP contribution in [0.3, 0.4) is 0 Å². The first-order valence-corrected chi connectivity index (χ1v) is 13.9. The zero-order chi connectivity index (χ0) is 24.7. The summed E-state index contributed by atoms with van der Waals surface area (Å²) in [6.45, 7) is 0. The molecule has 0 aromatic heterocycles. The van der Waals surface area contributed by atoms with E-state index in [9.17, 15) is 15.3 Å². The SMILES string of the molecule is N#CC1(C#N)C(c2cccc(Br)c2)C(C(=O)C23CC4CC(CC(C4)C2)C3)N2C=Cc3ccccc3C21. The molecule has 2 aromatic carbocycles. The van der Waals surface area contributed by atoms with E-state index in [4.69, 9.17) is 0 Å². The summed E-state index contributed by atoms with van der Waals surface area (Å²) in [5.74, 6) is 1.68. The van der Waals surface area contributed by atoms with Crippen molar-refractivity contribution in [1.29, 1.82) is 10.5 Å². The van der Waals surface area contributed by atoms with Gasteiger partial charge in [-0.15, -0.1) is 0 Å². The second-order valence-electron chi connectivity index (χ2n) is 11.9. The van der Waals surface area contributed by atoms with Gasteiger partial charge in [0.15, 0.2) is 11.2 Å². The van der Waals surface area contributed by atoms with Gasteiger partial charge in [0.25, 0.3) is 0 Å². The first kappa shape index (κ1) is 22.3. The van der Waals surface area contributed by atoms with Gasteiger partial charge in [0.2, 0.25) is 0 Å².